The fourth-order valence-electron chi connectivity index (χ4n) is 2.18. The van der Waals surface area contributed by atoms with Crippen molar-refractivity contribution in [3.63, 3.8) is 0 Å². The van der Waals surface area contributed by atoms with E-state index in [-0.39, 0.29) is 11.4 Å². The molecule has 108 valence electrons. The number of nitrogens with zero attached hydrogens (tertiary/aromatic N) is 4. The fraction of sp³-hybridized carbons (Fsp3) is 0.800. The highest BCUT2D eigenvalue weighted by molar-refractivity contribution is 7.71. The molecule has 0 radical (unpaired) electrons. The Bertz CT molecular complexity index is 510. The Morgan fingerprint density at radius 3 is 2.68 bits per heavy atom. The summed E-state index contributed by atoms with van der Waals surface area (Å²) in [5.41, 5.74) is 0. The van der Waals surface area contributed by atoms with E-state index in [9.17, 15) is 18.3 Å². The van der Waals surface area contributed by atoms with Gasteiger partial charge in [0.05, 0.1) is 12.8 Å². The number of aliphatic hydroxyl groups is 1. The number of β-amino-alcohol motifs (C(OH)–C–C–N with tert-alkyl or cyclic N) is 1. The molecule has 0 aliphatic carbocycles. The van der Waals surface area contributed by atoms with Crippen LogP contribution >= 0.6 is 12.2 Å². The van der Waals surface area contributed by atoms with Crippen LogP contribution in [0, 0.1) is 4.77 Å². The van der Waals surface area contributed by atoms with E-state index in [0.29, 0.717) is 6.54 Å². The minimum absolute atomic E-state index is 0.0207. The smallest absolute Gasteiger partial charge is 0.392 e. The number of alkyl halides is 3. The minimum atomic E-state index is -4.52. The SMILES string of the molecule is Cn1c(C(F)(F)F)nn(CN2CCCC(O)C2)c1=S. The molecule has 1 atom stereocenters. The van der Waals surface area contributed by atoms with E-state index in [1.807, 2.05) is 4.90 Å². The molecule has 0 aromatic carbocycles. The molecule has 1 N–H and O–H groups in total. The molecule has 1 saturated heterocycles. The Kier molecular flexibility index (Phi) is 3.98. The summed E-state index contributed by atoms with van der Waals surface area (Å²) in [5, 5.41) is 13.1. The molecule has 19 heavy (non-hydrogen) atoms. The summed E-state index contributed by atoms with van der Waals surface area (Å²) >= 11 is 4.96. The van der Waals surface area contributed by atoms with E-state index in [4.69, 9.17) is 12.2 Å². The van der Waals surface area contributed by atoms with Gasteiger partial charge in [-0.15, -0.1) is 5.10 Å². The molecule has 1 aromatic heterocycles. The Balaban J connectivity index is 2.19. The van der Waals surface area contributed by atoms with Crippen molar-refractivity contribution in [3.8, 4) is 0 Å². The van der Waals surface area contributed by atoms with Gasteiger partial charge in [-0.2, -0.15) is 13.2 Å². The van der Waals surface area contributed by atoms with Crippen LogP contribution in [-0.2, 0) is 19.9 Å². The number of piperidine rings is 1. The summed E-state index contributed by atoms with van der Waals surface area (Å²) in [5.74, 6) is -1.00. The van der Waals surface area contributed by atoms with Crippen molar-refractivity contribution >= 4 is 12.2 Å². The summed E-state index contributed by atoms with van der Waals surface area (Å²) in [6.07, 6.45) is -3.42. The first kappa shape index (κ1) is 14.5. The van der Waals surface area contributed by atoms with Crippen LogP contribution in [0.15, 0.2) is 0 Å². The number of rotatable bonds is 2. The molecule has 1 fully saturated rings. The topological polar surface area (TPSA) is 46.2 Å². The summed E-state index contributed by atoms with van der Waals surface area (Å²) in [6, 6.07) is 0. The van der Waals surface area contributed by atoms with Crippen LogP contribution in [0.25, 0.3) is 0 Å². The summed E-state index contributed by atoms with van der Waals surface area (Å²) < 4.78 is 40.1. The van der Waals surface area contributed by atoms with Crippen molar-refractivity contribution < 1.29 is 18.3 Å². The molecule has 0 spiro atoms. The highest BCUT2D eigenvalue weighted by Gasteiger charge is 2.37. The van der Waals surface area contributed by atoms with Gasteiger partial charge in [-0.3, -0.25) is 9.47 Å². The molecule has 0 bridgehead atoms. The first-order valence-corrected chi connectivity index (χ1v) is 6.31. The number of hydrogen-bond donors (Lipinski definition) is 1. The maximum atomic E-state index is 12.7. The van der Waals surface area contributed by atoms with Crippen LogP contribution in [0.5, 0.6) is 0 Å². The van der Waals surface area contributed by atoms with Gasteiger partial charge in [0.1, 0.15) is 0 Å². The van der Waals surface area contributed by atoms with Crippen LogP contribution in [0.1, 0.15) is 18.7 Å². The average Bonchev–Trinajstić information content (AvgIpc) is 2.57. The summed E-state index contributed by atoms with van der Waals surface area (Å²) in [4.78, 5) is 1.84. The number of hydrogen-bond acceptors (Lipinski definition) is 4. The molecule has 1 aliphatic rings. The zero-order valence-corrected chi connectivity index (χ0v) is 11.2. The van der Waals surface area contributed by atoms with Gasteiger partial charge in [-0.1, -0.05) is 0 Å². The number of likely N-dealkylation sites (tertiary alicyclic amines) is 1. The monoisotopic (exact) mass is 296 g/mol. The van der Waals surface area contributed by atoms with Gasteiger partial charge in [0.2, 0.25) is 5.82 Å². The van der Waals surface area contributed by atoms with Crippen LogP contribution in [0.3, 0.4) is 0 Å². The number of aromatic nitrogens is 3. The van der Waals surface area contributed by atoms with E-state index < -0.39 is 18.1 Å². The molecular formula is C10H15F3N4OS. The molecule has 1 aliphatic heterocycles. The highest BCUT2D eigenvalue weighted by Crippen LogP contribution is 2.27. The first-order valence-electron chi connectivity index (χ1n) is 5.90. The summed E-state index contributed by atoms with van der Waals surface area (Å²) in [6.45, 7) is 1.32. The van der Waals surface area contributed by atoms with Gasteiger partial charge in [0.25, 0.3) is 0 Å². The Morgan fingerprint density at radius 1 is 1.47 bits per heavy atom. The van der Waals surface area contributed by atoms with Gasteiger partial charge >= 0.3 is 6.18 Å². The van der Waals surface area contributed by atoms with Crippen molar-refractivity contribution in [1.29, 1.82) is 0 Å². The minimum Gasteiger partial charge on any atom is -0.392 e. The number of halogens is 3. The van der Waals surface area contributed by atoms with Crippen LogP contribution in [0.2, 0.25) is 0 Å². The normalized spacial score (nSPS) is 21.8. The van der Waals surface area contributed by atoms with Gasteiger partial charge in [-0.25, -0.2) is 4.68 Å². The van der Waals surface area contributed by atoms with E-state index >= 15 is 0 Å². The first-order chi connectivity index (χ1) is 8.79. The molecule has 0 amide bonds. The maximum Gasteiger partial charge on any atom is 0.451 e. The highest BCUT2D eigenvalue weighted by atomic mass is 32.1. The third-order valence-corrected chi connectivity index (χ3v) is 3.59. The van der Waals surface area contributed by atoms with Gasteiger partial charge in [-0.05, 0) is 25.1 Å². The van der Waals surface area contributed by atoms with E-state index in [1.54, 1.807) is 0 Å². The lowest BCUT2D eigenvalue weighted by Crippen LogP contribution is -2.39. The van der Waals surface area contributed by atoms with E-state index in [0.717, 1.165) is 28.6 Å². The molecular weight excluding hydrogens is 281 g/mol. The largest absolute Gasteiger partial charge is 0.451 e. The van der Waals surface area contributed by atoms with Crippen LogP contribution in [0.4, 0.5) is 13.2 Å². The second-order valence-corrected chi connectivity index (χ2v) is 5.04. The van der Waals surface area contributed by atoms with Crippen molar-refractivity contribution in [2.75, 3.05) is 13.1 Å². The van der Waals surface area contributed by atoms with Crippen LogP contribution in [-0.4, -0.2) is 43.5 Å². The average molecular weight is 296 g/mol. The Morgan fingerprint density at radius 2 is 2.16 bits per heavy atom. The quantitative estimate of drug-likeness (QED) is 0.838. The summed E-state index contributed by atoms with van der Waals surface area (Å²) in [7, 11) is 1.25. The van der Waals surface area contributed by atoms with Crippen molar-refractivity contribution in [2.45, 2.75) is 31.8 Å². The second kappa shape index (κ2) is 5.22. The fourth-order valence-corrected chi connectivity index (χ4v) is 2.36. The maximum absolute atomic E-state index is 12.7. The van der Waals surface area contributed by atoms with Crippen LogP contribution < -0.4 is 0 Å². The predicted molar refractivity (Wildman–Crippen MR) is 63.8 cm³/mol. The molecule has 0 saturated carbocycles. The van der Waals surface area contributed by atoms with Gasteiger partial charge in [0, 0.05) is 20.1 Å². The molecule has 5 nitrogen and oxygen atoms in total. The lowest BCUT2D eigenvalue weighted by molar-refractivity contribution is -0.147. The Hall–Kier alpha value is -0.930. The molecule has 1 unspecified atom stereocenters. The standard InChI is InChI=1S/C10H15F3N4OS/c1-15-8(10(11,12)13)14-17(9(15)19)6-16-4-2-3-7(18)5-16/h7,18H,2-6H2,1H3. The zero-order valence-electron chi connectivity index (χ0n) is 10.4. The van der Waals surface area contributed by atoms with E-state index in [2.05, 4.69) is 5.10 Å². The van der Waals surface area contributed by atoms with Gasteiger partial charge in [0.15, 0.2) is 4.77 Å². The molecule has 2 heterocycles. The third kappa shape index (κ3) is 3.15. The molecule has 9 heteroatoms. The zero-order chi connectivity index (χ0) is 14.2. The lowest BCUT2D eigenvalue weighted by atomic mass is 10.1. The van der Waals surface area contributed by atoms with Gasteiger partial charge < -0.3 is 5.11 Å². The van der Waals surface area contributed by atoms with Crippen molar-refractivity contribution in [2.24, 2.45) is 7.05 Å². The van der Waals surface area contributed by atoms with Crippen molar-refractivity contribution in [1.82, 2.24) is 19.2 Å². The molecule has 2 rings (SSSR count). The predicted octanol–water partition coefficient (Wildman–Crippen LogP) is 1.38. The lowest BCUT2D eigenvalue weighted by Gasteiger charge is -2.29. The second-order valence-electron chi connectivity index (χ2n) is 4.68. The number of aliphatic hydroxyl groups excluding tert-OH is 1. The molecule has 1 aromatic rings. The van der Waals surface area contributed by atoms with Crippen molar-refractivity contribution in [3.05, 3.63) is 10.6 Å². The third-order valence-electron chi connectivity index (χ3n) is 3.11. The Labute approximate surface area is 113 Å². The van der Waals surface area contributed by atoms with E-state index in [1.165, 1.54) is 7.05 Å².